The van der Waals surface area contributed by atoms with Gasteiger partial charge in [-0.05, 0) is 60.6 Å². The van der Waals surface area contributed by atoms with Gasteiger partial charge >= 0.3 is 5.97 Å². The van der Waals surface area contributed by atoms with E-state index < -0.39 is 11.9 Å². The summed E-state index contributed by atoms with van der Waals surface area (Å²) in [4.78, 5) is 28.8. The molecule has 0 spiro atoms. The van der Waals surface area contributed by atoms with Crippen molar-refractivity contribution < 1.29 is 14.7 Å². The van der Waals surface area contributed by atoms with Crippen LogP contribution in [0.4, 0.5) is 0 Å². The first kappa shape index (κ1) is 24.6. The molecule has 0 saturated heterocycles. The van der Waals surface area contributed by atoms with Gasteiger partial charge in [0.05, 0.1) is 21.1 Å². The first-order chi connectivity index (χ1) is 16.9. The van der Waals surface area contributed by atoms with Gasteiger partial charge in [0.1, 0.15) is 0 Å². The molecule has 4 aromatic rings. The maximum Gasteiger partial charge on any atom is 0.306 e. The van der Waals surface area contributed by atoms with Crippen LogP contribution in [0, 0.1) is 12.8 Å². The highest BCUT2D eigenvalue weighted by Gasteiger charge is 2.20. The second-order valence-electron chi connectivity index (χ2n) is 9.04. The van der Waals surface area contributed by atoms with E-state index in [0.29, 0.717) is 25.7 Å². The molecular formula is C29H30N2O3S. The number of carboxylic acids is 1. The molecule has 4 rings (SSSR count). The van der Waals surface area contributed by atoms with Crippen molar-refractivity contribution >= 4 is 33.4 Å². The lowest BCUT2D eigenvalue weighted by atomic mass is 9.94. The van der Waals surface area contributed by atoms with Gasteiger partial charge in [-0.1, -0.05) is 67.6 Å². The minimum atomic E-state index is -0.850. The highest BCUT2D eigenvalue weighted by Crippen LogP contribution is 2.24. The molecule has 2 N–H and O–H groups in total. The molecule has 35 heavy (non-hydrogen) atoms. The summed E-state index contributed by atoms with van der Waals surface area (Å²) in [7, 11) is 0. The molecule has 2 atom stereocenters. The van der Waals surface area contributed by atoms with Crippen molar-refractivity contribution in [2.24, 2.45) is 5.92 Å². The summed E-state index contributed by atoms with van der Waals surface area (Å²) in [6, 6.07) is 24.3. The monoisotopic (exact) mass is 486 g/mol. The lowest BCUT2D eigenvalue weighted by Gasteiger charge is -2.21. The van der Waals surface area contributed by atoms with E-state index in [0.717, 1.165) is 37.5 Å². The van der Waals surface area contributed by atoms with Crippen molar-refractivity contribution in [3.05, 3.63) is 88.9 Å². The molecule has 0 aliphatic carbocycles. The van der Waals surface area contributed by atoms with E-state index in [1.165, 1.54) is 0 Å². The van der Waals surface area contributed by atoms with Crippen molar-refractivity contribution in [2.45, 2.75) is 45.6 Å². The van der Waals surface area contributed by atoms with Gasteiger partial charge in [-0.15, -0.1) is 11.3 Å². The standard InChI is InChI=1S/C29H30N2O3S/c1-19(29(33)34)16-25(17-21-8-12-24(13-9-21)23-6-4-3-5-7-23)31-28(32)15-11-22-10-14-26-27(18-22)35-20(2)30-26/h3-10,12-14,18-19,25H,11,15-17H2,1-2H3,(H,31,32)(H,33,34)/t19-,25?/m1/s1. The Morgan fingerprint density at radius 2 is 1.66 bits per heavy atom. The van der Waals surface area contributed by atoms with E-state index in [2.05, 4.69) is 52.8 Å². The molecule has 0 radical (unpaired) electrons. The zero-order valence-electron chi connectivity index (χ0n) is 20.0. The zero-order valence-corrected chi connectivity index (χ0v) is 20.8. The minimum Gasteiger partial charge on any atom is -0.481 e. The van der Waals surface area contributed by atoms with E-state index in [1.54, 1.807) is 18.3 Å². The maximum atomic E-state index is 12.8. The maximum absolute atomic E-state index is 12.8. The molecule has 0 aliphatic rings. The molecule has 0 fully saturated rings. The van der Waals surface area contributed by atoms with Crippen molar-refractivity contribution in [1.29, 1.82) is 0 Å². The highest BCUT2D eigenvalue weighted by molar-refractivity contribution is 7.18. The number of aromatic nitrogens is 1. The van der Waals surface area contributed by atoms with Crippen LogP contribution in [0.25, 0.3) is 21.3 Å². The molecule has 1 amide bonds. The average Bonchev–Trinajstić information content (AvgIpc) is 3.23. The zero-order chi connectivity index (χ0) is 24.8. The Kier molecular flexibility index (Phi) is 7.93. The lowest BCUT2D eigenvalue weighted by Crippen LogP contribution is -2.38. The Bertz CT molecular complexity index is 1300. The van der Waals surface area contributed by atoms with Crippen LogP contribution in [0.5, 0.6) is 0 Å². The van der Waals surface area contributed by atoms with Gasteiger partial charge in [0.2, 0.25) is 5.91 Å². The lowest BCUT2D eigenvalue weighted by molar-refractivity contribution is -0.141. The van der Waals surface area contributed by atoms with E-state index in [4.69, 9.17) is 0 Å². The second-order valence-corrected chi connectivity index (χ2v) is 10.3. The second kappa shape index (κ2) is 11.3. The SMILES string of the molecule is Cc1nc2ccc(CCC(=O)NC(Cc3ccc(-c4ccccc4)cc3)C[C@@H](C)C(=O)O)cc2s1. The molecule has 0 saturated carbocycles. The molecular weight excluding hydrogens is 456 g/mol. The van der Waals surface area contributed by atoms with Crippen molar-refractivity contribution in [1.82, 2.24) is 10.3 Å². The first-order valence-electron chi connectivity index (χ1n) is 11.9. The van der Waals surface area contributed by atoms with Gasteiger partial charge in [-0.2, -0.15) is 0 Å². The van der Waals surface area contributed by atoms with E-state index >= 15 is 0 Å². The van der Waals surface area contributed by atoms with Crippen molar-refractivity contribution in [3.8, 4) is 11.1 Å². The first-order valence-corrected chi connectivity index (χ1v) is 12.7. The number of aryl methyl sites for hydroxylation is 2. The Balaban J connectivity index is 1.39. The fourth-order valence-electron chi connectivity index (χ4n) is 4.27. The summed E-state index contributed by atoms with van der Waals surface area (Å²) >= 11 is 1.65. The molecule has 6 heteroatoms. The Hall–Kier alpha value is -3.51. The fourth-order valence-corrected chi connectivity index (χ4v) is 5.16. The number of amides is 1. The van der Waals surface area contributed by atoms with Crippen LogP contribution in [-0.4, -0.2) is 28.0 Å². The van der Waals surface area contributed by atoms with E-state index in [1.807, 2.05) is 37.3 Å². The largest absolute Gasteiger partial charge is 0.481 e. The summed E-state index contributed by atoms with van der Waals surface area (Å²) in [5, 5.41) is 13.5. The molecule has 1 heterocycles. The molecule has 1 aromatic heterocycles. The van der Waals surface area contributed by atoms with Gasteiger partial charge in [0.15, 0.2) is 0 Å². The Morgan fingerprint density at radius 1 is 0.971 bits per heavy atom. The molecule has 1 unspecified atom stereocenters. The minimum absolute atomic E-state index is 0.0610. The van der Waals surface area contributed by atoms with Crippen molar-refractivity contribution in [2.75, 3.05) is 0 Å². The summed E-state index contributed by atoms with van der Waals surface area (Å²) in [6.07, 6.45) is 1.96. The van der Waals surface area contributed by atoms with Crippen molar-refractivity contribution in [3.63, 3.8) is 0 Å². The summed E-state index contributed by atoms with van der Waals surface area (Å²) < 4.78 is 1.13. The van der Waals surface area contributed by atoms with Gasteiger partial charge in [-0.3, -0.25) is 9.59 Å². The smallest absolute Gasteiger partial charge is 0.306 e. The van der Waals surface area contributed by atoms with Crippen LogP contribution < -0.4 is 5.32 Å². The number of nitrogens with one attached hydrogen (secondary N) is 1. The van der Waals surface area contributed by atoms with Gasteiger partial charge < -0.3 is 10.4 Å². The highest BCUT2D eigenvalue weighted by atomic mass is 32.1. The number of hydrogen-bond acceptors (Lipinski definition) is 4. The third-order valence-electron chi connectivity index (χ3n) is 6.17. The summed E-state index contributed by atoms with van der Waals surface area (Å²) in [6.45, 7) is 3.68. The predicted molar refractivity (Wildman–Crippen MR) is 142 cm³/mol. The van der Waals surface area contributed by atoms with Crippen LogP contribution in [0.2, 0.25) is 0 Å². The Morgan fingerprint density at radius 3 is 2.37 bits per heavy atom. The Labute approximate surface area is 209 Å². The van der Waals surface area contributed by atoms with Crippen LogP contribution in [0.3, 0.4) is 0 Å². The molecule has 3 aromatic carbocycles. The predicted octanol–water partition coefficient (Wildman–Crippen LogP) is 6.04. The van der Waals surface area contributed by atoms with Crippen LogP contribution in [-0.2, 0) is 22.4 Å². The normalized spacial score (nSPS) is 12.9. The molecule has 180 valence electrons. The number of nitrogens with zero attached hydrogens (tertiary/aromatic N) is 1. The summed E-state index contributed by atoms with van der Waals surface area (Å²) in [5.41, 5.74) is 5.43. The number of aliphatic carboxylic acids is 1. The van der Waals surface area contributed by atoms with Crippen LogP contribution >= 0.6 is 11.3 Å². The number of carbonyl (C=O) groups excluding carboxylic acids is 1. The number of thiazole rings is 1. The van der Waals surface area contributed by atoms with Crippen LogP contribution in [0.15, 0.2) is 72.8 Å². The number of benzene rings is 3. The quantitative estimate of drug-likeness (QED) is 0.286. The fraction of sp³-hybridized carbons (Fsp3) is 0.276. The topological polar surface area (TPSA) is 79.3 Å². The third-order valence-corrected chi connectivity index (χ3v) is 7.10. The number of carbonyl (C=O) groups is 2. The number of rotatable bonds is 10. The van der Waals surface area contributed by atoms with Gasteiger partial charge in [0.25, 0.3) is 0 Å². The number of hydrogen-bond donors (Lipinski definition) is 2. The third kappa shape index (κ3) is 6.76. The molecule has 0 aliphatic heterocycles. The molecule has 0 bridgehead atoms. The van der Waals surface area contributed by atoms with Gasteiger partial charge in [-0.25, -0.2) is 4.98 Å². The average molecular weight is 487 g/mol. The van der Waals surface area contributed by atoms with Crippen LogP contribution in [0.1, 0.15) is 35.9 Å². The number of fused-ring (bicyclic) bond motifs is 1. The number of carboxylic acid groups (broad SMARTS) is 1. The molecule has 5 nitrogen and oxygen atoms in total. The van der Waals surface area contributed by atoms with E-state index in [-0.39, 0.29) is 11.9 Å². The van der Waals surface area contributed by atoms with E-state index in [9.17, 15) is 14.7 Å². The summed E-state index contributed by atoms with van der Waals surface area (Å²) in [5.74, 6) is -1.45. The van der Waals surface area contributed by atoms with Gasteiger partial charge in [0, 0.05) is 12.5 Å².